The molecule has 0 saturated carbocycles. The number of carbonyl (C=O) groups excluding carboxylic acids is 1. The van der Waals surface area contributed by atoms with E-state index in [1.165, 1.54) is 0 Å². The third kappa shape index (κ3) is 6.24. The molecule has 126 valence electrons. The highest BCUT2D eigenvalue weighted by atomic mass is 35.5. The molecule has 0 aliphatic carbocycles. The highest BCUT2D eigenvalue weighted by Gasteiger charge is 2.21. The smallest absolute Gasteiger partial charge is 0.237 e. The van der Waals surface area contributed by atoms with Crippen LogP contribution in [0.1, 0.15) is 52.6 Å². The summed E-state index contributed by atoms with van der Waals surface area (Å²) in [5.74, 6) is 0.884. The zero-order valence-electron chi connectivity index (χ0n) is 14.1. The Morgan fingerprint density at radius 3 is 2.45 bits per heavy atom. The van der Waals surface area contributed by atoms with E-state index >= 15 is 0 Å². The topological polar surface area (TPSA) is 64.4 Å². The van der Waals surface area contributed by atoms with Crippen molar-refractivity contribution in [1.29, 1.82) is 0 Å². The van der Waals surface area contributed by atoms with Crippen LogP contribution in [-0.4, -0.2) is 18.1 Å². The fourth-order valence-corrected chi connectivity index (χ4v) is 2.03. The number of nitrogens with one attached hydrogen (secondary N) is 1. The van der Waals surface area contributed by atoms with Gasteiger partial charge in [0, 0.05) is 0 Å². The molecule has 3 N–H and O–H groups in total. The minimum absolute atomic E-state index is 0. The minimum atomic E-state index is -0.465. The van der Waals surface area contributed by atoms with Crippen LogP contribution in [0.2, 0.25) is 0 Å². The Morgan fingerprint density at radius 2 is 1.91 bits per heavy atom. The molecule has 1 aromatic rings. The van der Waals surface area contributed by atoms with E-state index in [-0.39, 0.29) is 36.4 Å². The van der Waals surface area contributed by atoms with Gasteiger partial charge in [0.2, 0.25) is 5.91 Å². The van der Waals surface area contributed by atoms with Gasteiger partial charge < -0.3 is 15.8 Å². The van der Waals surface area contributed by atoms with Crippen LogP contribution in [0.15, 0.2) is 24.3 Å². The summed E-state index contributed by atoms with van der Waals surface area (Å²) in [7, 11) is 0. The van der Waals surface area contributed by atoms with E-state index in [9.17, 15) is 4.79 Å². The average Bonchev–Trinajstić information content (AvgIpc) is 2.45. The van der Waals surface area contributed by atoms with E-state index in [2.05, 4.69) is 5.32 Å². The van der Waals surface area contributed by atoms with E-state index < -0.39 is 6.04 Å². The maximum atomic E-state index is 12.1. The van der Waals surface area contributed by atoms with Crippen molar-refractivity contribution in [3.05, 3.63) is 29.8 Å². The van der Waals surface area contributed by atoms with Crippen LogP contribution >= 0.6 is 12.4 Å². The average molecular weight is 329 g/mol. The lowest BCUT2D eigenvalue weighted by Gasteiger charge is -2.22. The first-order valence-corrected chi connectivity index (χ1v) is 7.67. The van der Waals surface area contributed by atoms with E-state index in [1.54, 1.807) is 0 Å². The standard InChI is InChI=1S/C17H28N2O2.ClH/c1-6-12(4)16(18)17(20)19-13(5)14-8-7-9-15(10-14)21-11(2)3;/h7-13,16H,6,18H2,1-5H3,(H,19,20);1H. The van der Waals surface area contributed by atoms with Crippen LogP contribution in [-0.2, 0) is 4.79 Å². The summed E-state index contributed by atoms with van der Waals surface area (Å²) in [6, 6.07) is 7.23. The summed E-state index contributed by atoms with van der Waals surface area (Å²) >= 11 is 0. The number of hydrogen-bond donors (Lipinski definition) is 2. The van der Waals surface area contributed by atoms with Gasteiger partial charge in [0.15, 0.2) is 0 Å². The second-order valence-electron chi connectivity index (χ2n) is 5.88. The highest BCUT2D eigenvalue weighted by molar-refractivity contribution is 5.85. The quantitative estimate of drug-likeness (QED) is 0.805. The molecular formula is C17H29ClN2O2. The summed E-state index contributed by atoms with van der Waals surface area (Å²) in [4.78, 5) is 12.1. The number of halogens is 1. The zero-order chi connectivity index (χ0) is 16.0. The predicted octanol–water partition coefficient (Wildman–Crippen LogP) is 3.45. The molecule has 0 heterocycles. The van der Waals surface area contributed by atoms with Crippen molar-refractivity contribution in [1.82, 2.24) is 5.32 Å². The summed E-state index contributed by atoms with van der Waals surface area (Å²) in [6.07, 6.45) is 1.02. The van der Waals surface area contributed by atoms with Crippen LogP contribution in [0.3, 0.4) is 0 Å². The number of hydrogen-bond acceptors (Lipinski definition) is 3. The summed E-state index contributed by atoms with van der Waals surface area (Å²) < 4.78 is 5.68. The molecular weight excluding hydrogens is 300 g/mol. The van der Waals surface area contributed by atoms with Gasteiger partial charge in [0.1, 0.15) is 5.75 Å². The van der Waals surface area contributed by atoms with Gasteiger partial charge in [-0.3, -0.25) is 4.79 Å². The fraction of sp³-hybridized carbons (Fsp3) is 0.588. The molecule has 0 fully saturated rings. The molecule has 0 bridgehead atoms. The molecule has 4 nitrogen and oxygen atoms in total. The van der Waals surface area contributed by atoms with Gasteiger partial charge in [-0.05, 0) is 44.4 Å². The van der Waals surface area contributed by atoms with Crippen molar-refractivity contribution in [2.45, 2.75) is 59.2 Å². The lowest BCUT2D eigenvalue weighted by Crippen LogP contribution is -2.45. The van der Waals surface area contributed by atoms with Crippen LogP contribution in [0.25, 0.3) is 0 Å². The maximum absolute atomic E-state index is 12.1. The number of ether oxygens (including phenoxy) is 1. The zero-order valence-corrected chi connectivity index (χ0v) is 14.9. The molecule has 0 aromatic heterocycles. The Balaban J connectivity index is 0.00000441. The molecule has 0 saturated heterocycles. The van der Waals surface area contributed by atoms with Gasteiger partial charge in [-0.1, -0.05) is 32.4 Å². The van der Waals surface area contributed by atoms with Crippen molar-refractivity contribution in [3.63, 3.8) is 0 Å². The summed E-state index contributed by atoms with van der Waals surface area (Å²) in [5, 5.41) is 2.97. The molecule has 0 aliphatic heterocycles. The highest BCUT2D eigenvalue weighted by Crippen LogP contribution is 2.20. The monoisotopic (exact) mass is 328 g/mol. The lowest BCUT2D eigenvalue weighted by molar-refractivity contribution is -0.124. The van der Waals surface area contributed by atoms with Gasteiger partial charge in [-0.2, -0.15) is 0 Å². The Bertz CT molecular complexity index is 466. The molecule has 1 aromatic carbocycles. The second-order valence-corrected chi connectivity index (χ2v) is 5.88. The van der Waals surface area contributed by atoms with Crippen molar-refractivity contribution in [3.8, 4) is 5.75 Å². The maximum Gasteiger partial charge on any atom is 0.237 e. The van der Waals surface area contributed by atoms with E-state index in [1.807, 2.05) is 58.9 Å². The first-order valence-electron chi connectivity index (χ1n) is 7.67. The van der Waals surface area contributed by atoms with E-state index in [4.69, 9.17) is 10.5 Å². The number of amides is 1. The SMILES string of the molecule is CCC(C)C(N)C(=O)NC(C)c1cccc(OC(C)C)c1.Cl. The van der Waals surface area contributed by atoms with Crippen molar-refractivity contribution in [2.24, 2.45) is 11.7 Å². The third-order valence-corrected chi connectivity index (χ3v) is 3.65. The fourth-order valence-electron chi connectivity index (χ4n) is 2.03. The first-order chi connectivity index (χ1) is 9.85. The third-order valence-electron chi connectivity index (χ3n) is 3.65. The van der Waals surface area contributed by atoms with E-state index in [0.717, 1.165) is 17.7 Å². The Morgan fingerprint density at radius 1 is 1.27 bits per heavy atom. The largest absolute Gasteiger partial charge is 0.491 e. The number of nitrogens with two attached hydrogens (primary N) is 1. The van der Waals surface area contributed by atoms with Crippen molar-refractivity contribution < 1.29 is 9.53 Å². The van der Waals surface area contributed by atoms with Gasteiger partial charge in [-0.25, -0.2) is 0 Å². The molecule has 0 spiro atoms. The normalized spacial score (nSPS) is 14.7. The molecule has 0 aliphatic rings. The number of rotatable bonds is 7. The van der Waals surface area contributed by atoms with Gasteiger partial charge in [-0.15, -0.1) is 12.4 Å². The predicted molar refractivity (Wildman–Crippen MR) is 93.4 cm³/mol. The molecule has 1 rings (SSSR count). The molecule has 0 radical (unpaired) electrons. The van der Waals surface area contributed by atoms with Gasteiger partial charge in [0.25, 0.3) is 0 Å². The van der Waals surface area contributed by atoms with Crippen molar-refractivity contribution >= 4 is 18.3 Å². The summed E-state index contributed by atoms with van der Waals surface area (Å²) in [5.41, 5.74) is 6.97. The van der Waals surface area contributed by atoms with Gasteiger partial charge >= 0.3 is 0 Å². The van der Waals surface area contributed by atoms with Crippen LogP contribution in [0.4, 0.5) is 0 Å². The molecule has 3 atom stereocenters. The molecule has 5 heteroatoms. The number of benzene rings is 1. The first kappa shape index (κ1) is 20.7. The number of carbonyl (C=O) groups is 1. The second kappa shape index (κ2) is 9.70. The van der Waals surface area contributed by atoms with Crippen LogP contribution in [0.5, 0.6) is 5.75 Å². The van der Waals surface area contributed by atoms with Crippen molar-refractivity contribution in [2.75, 3.05) is 0 Å². The lowest BCUT2D eigenvalue weighted by atomic mass is 9.98. The Hall–Kier alpha value is -1.26. The van der Waals surface area contributed by atoms with E-state index in [0.29, 0.717) is 0 Å². The molecule has 3 unspecified atom stereocenters. The van der Waals surface area contributed by atoms with Gasteiger partial charge in [0.05, 0.1) is 18.2 Å². The molecule has 22 heavy (non-hydrogen) atoms. The minimum Gasteiger partial charge on any atom is -0.491 e. The Kier molecular flexibility index (Phi) is 9.14. The molecule has 1 amide bonds. The Labute approximate surface area is 140 Å². The van der Waals surface area contributed by atoms with Crippen LogP contribution in [0, 0.1) is 5.92 Å². The van der Waals surface area contributed by atoms with Crippen LogP contribution < -0.4 is 15.8 Å². The summed E-state index contributed by atoms with van der Waals surface area (Å²) in [6.45, 7) is 9.96.